The zero-order valence-corrected chi connectivity index (χ0v) is 11.7. The zero-order chi connectivity index (χ0) is 14.5. The van der Waals surface area contributed by atoms with Gasteiger partial charge in [-0.05, 0) is 36.4 Å². The molecule has 0 heterocycles. The van der Waals surface area contributed by atoms with Crippen LogP contribution in [0, 0.1) is 11.6 Å². The summed E-state index contributed by atoms with van der Waals surface area (Å²) in [5.41, 5.74) is 1.31. The number of para-hydroxylation sites is 1. The van der Waals surface area contributed by atoms with Gasteiger partial charge in [-0.1, -0.05) is 25.1 Å². The lowest BCUT2D eigenvalue weighted by Gasteiger charge is -2.21. The van der Waals surface area contributed by atoms with E-state index in [1.165, 1.54) is 17.0 Å². The Morgan fingerprint density at radius 1 is 1.05 bits per heavy atom. The second-order valence-corrected chi connectivity index (χ2v) is 4.58. The maximum absolute atomic E-state index is 14.2. The van der Waals surface area contributed by atoms with Crippen LogP contribution in [0.25, 0.3) is 0 Å². The highest BCUT2D eigenvalue weighted by Crippen LogP contribution is 2.29. The topological polar surface area (TPSA) is 15.3 Å². The van der Waals surface area contributed by atoms with E-state index in [1.807, 2.05) is 37.3 Å². The standard InChI is InChI=1S/C16H18F2N2/c1-3-19-11-12-9-14(17)16(15(18)10-12)20(2)13-7-5-4-6-8-13/h4-10,19H,3,11H2,1-2H3. The van der Waals surface area contributed by atoms with Gasteiger partial charge in [0.05, 0.1) is 0 Å². The van der Waals surface area contributed by atoms with Crippen molar-refractivity contribution in [3.8, 4) is 0 Å². The molecule has 0 saturated heterocycles. The molecule has 2 nitrogen and oxygen atoms in total. The maximum Gasteiger partial charge on any atom is 0.150 e. The van der Waals surface area contributed by atoms with Crippen LogP contribution in [-0.2, 0) is 6.54 Å². The summed E-state index contributed by atoms with van der Waals surface area (Å²) >= 11 is 0. The zero-order valence-electron chi connectivity index (χ0n) is 11.7. The molecule has 2 rings (SSSR count). The van der Waals surface area contributed by atoms with Crippen molar-refractivity contribution in [2.45, 2.75) is 13.5 Å². The molecule has 106 valence electrons. The van der Waals surface area contributed by atoms with Crippen LogP contribution in [0.4, 0.5) is 20.2 Å². The van der Waals surface area contributed by atoms with Crippen molar-refractivity contribution in [3.05, 3.63) is 59.7 Å². The molecule has 2 aromatic carbocycles. The molecule has 0 aliphatic rings. The highest BCUT2D eigenvalue weighted by molar-refractivity contribution is 5.63. The number of hydrogen-bond donors (Lipinski definition) is 1. The van der Waals surface area contributed by atoms with E-state index in [4.69, 9.17) is 0 Å². The smallest absolute Gasteiger partial charge is 0.150 e. The average Bonchev–Trinajstić information content (AvgIpc) is 2.45. The average molecular weight is 276 g/mol. The van der Waals surface area contributed by atoms with Crippen molar-refractivity contribution in [3.63, 3.8) is 0 Å². The summed E-state index contributed by atoms with van der Waals surface area (Å²) in [6, 6.07) is 11.9. The predicted octanol–water partition coefficient (Wildman–Crippen LogP) is 3.84. The SMILES string of the molecule is CCNCc1cc(F)c(N(C)c2ccccc2)c(F)c1. The molecule has 0 aliphatic heterocycles. The van der Waals surface area contributed by atoms with Crippen molar-refractivity contribution in [1.82, 2.24) is 5.32 Å². The van der Waals surface area contributed by atoms with Crippen LogP contribution in [0.5, 0.6) is 0 Å². The Morgan fingerprint density at radius 2 is 1.65 bits per heavy atom. The fraction of sp³-hybridized carbons (Fsp3) is 0.250. The van der Waals surface area contributed by atoms with Gasteiger partial charge in [0.15, 0.2) is 0 Å². The van der Waals surface area contributed by atoms with Crippen molar-refractivity contribution in [1.29, 1.82) is 0 Å². The minimum atomic E-state index is -0.552. The van der Waals surface area contributed by atoms with E-state index in [2.05, 4.69) is 5.32 Å². The minimum Gasteiger partial charge on any atom is -0.340 e. The Bertz CT molecular complexity index is 547. The van der Waals surface area contributed by atoms with Gasteiger partial charge < -0.3 is 10.2 Å². The molecule has 0 aliphatic carbocycles. The summed E-state index contributed by atoms with van der Waals surface area (Å²) in [6.45, 7) is 3.17. The van der Waals surface area contributed by atoms with Crippen LogP contribution in [0.2, 0.25) is 0 Å². The van der Waals surface area contributed by atoms with E-state index in [0.717, 1.165) is 12.2 Å². The molecule has 0 spiro atoms. The van der Waals surface area contributed by atoms with Crippen LogP contribution in [0.1, 0.15) is 12.5 Å². The highest BCUT2D eigenvalue weighted by Gasteiger charge is 2.16. The van der Waals surface area contributed by atoms with Gasteiger partial charge >= 0.3 is 0 Å². The molecule has 0 unspecified atom stereocenters. The first-order valence-electron chi connectivity index (χ1n) is 6.61. The molecule has 0 atom stereocenters. The monoisotopic (exact) mass is 276 g/mol. The van der Waals surface area contributed by atoms with Gasteiger partial charge in [-0.3, -0.25) is 0 Å². The van der Waals surface area contributed by atoms with Crippen LogP contribution >= 0.6 is 0 Å². The number of halogens is 2. The van der Waals surface area contributed by atoms with Gasteiger partial charge in [0.1, 0.15) is 17.3 Å². The normalized spacial score (nSPS) is 10.6. The molecule has 0 saturated carbocycles. The second-order valence-electron chi connectivity index (χ2n) is 4.58. The lowest BCUT2D eigenvalue weighted by atomic mass is 10.1. The first kappa shape index (κ1) is 14.5. The maximum atomic E-state index is 14.2. The number of nitrogens with zero attached hydrogens (tertiary/aromatic N) is 1. The summed E-state index contributed by atoms with van der Waals surface area (Å²) in [5, 5.41) is 3.05. The van der Waals surface area contributed by atoms with Gasteiger partial charge in [-0.15, -0.1) is 0 Å². The van der Waals surface area contributed by atoms with Gasteiger partial charge in [0.2, 0.25) is 0 Å². The van der Waals surface area contributed by atoms with Crippen LogP contribution in [-0.4, -0.2) is 13.6 Å². The van der Waals surface area contributed by atoms with Crippen LogP contribution in [0.3, 0.4) is 0 Å². The number of benzene rings is 2. The van der Waals surface area contributed by atoms with Gasteiger partial charge in [-0.25, -0.2) is 8.78 Å². The Morgan fingerprint density at radius 3 is 2.20 bits per heavy atom. The van der Waals surface area contributed by atoms with E-state index in [-0.39, 0.29) is 5.69 Å². The number of nitrogens with one attached hydrogen (secondary N) is 1. The summed E-state index contributed by atoms with van der Waals surface area (Å²) in [6.07, 6.45) is 0. The number of hydrogen-bond acceptors (Lipinski definition) is 2. The van der Waals surface area contributed by atoms with Crippen molar-refractivity contribution in [2.24, 2.45) is 0 Å². The molecule has 20 heavy (non-hydrogen) atoms. The summed E-state index contributed by atoms with van der Waals surface area (Å²) in [4.78, 5) is 1.52. The lowest BCUT2D eigenvalue weighted by molar-refractivity contribution is 0.577. The highest BCUT2D eigenvalue weighted by atomic mass is 19.1. The van der Waals surface area contributed by atoms with Crippen LogP contribution in [0.15, 0.2) is 42.5 Å². The molecule has 0 aromatic heterocycles. The molecule has 0 bridgehead atoms. The number of anilines is 2. The Labute approximate surface area is 118 Å². The molecular weight excluding hydrogens is 258 g/mol. The Balaban J connectivity index is 2.33. The predicted molar refractivity (Wildman–Crippen MR) is 78.2 cm³/mol. The molecule has 4 heteroatoms. The van der Waals surface area contributed by atoms with E-state index >= 15 is 0 Å². The minimum absolute atomic E-state index is 0.0311. The van der Waals surface area contributed by atoms with E-state index in [0.29, 0.717) is 12.1 Å². The van der Waals surface area contributed by atoms with Crippen molar-refractivity contribution < 1.29 is 8.78 Å². The summed E-state index contributed by atoms with van der Waals surface area (Å²) in [7, 11) is 1.65. The molecular formula is C16H18F2N2. The molecule has 0 fully saturated rings. The quantitative estimate of drug-likeness (QED) is 0.892. The summed E-state index contributed by atoms with van der Waals surface area (Å²) < 4.78 is 28.3. The van der Waals surface area contributed by atoms with Crippen LogP contribution < -0.4 is 10.2 Å². The Kier molecular flexibility index (Phi) is 4.69. The van der Waals surface area contributed by atoms with E-state index < -0.39 is 11.6 Å². The second kappa shape index (κ2) is 6.48. The third kappa shape index (κ3) is 3.14. The first-order valence-corrected chi connectivity index (χ1v) is 6.61. The van der Waals surface area contributed by atoms with Gasteiger partial charge in [-0.2, -0.15) is 0 Å². The van der Waals surface area contributed by atoms with Crippen molar-refractivity contribution >= 4 is 11.4 Å². The van der Waals surface area contributed by atoms with Gasteiger partial charge in [0.25, 0.3) is 0 Å². The van der Waals surface area contributed by atoms with Gasteiger partial charge in [0, 0.05) is 19.3 Å². The molecule has 0 amide bonds. The summed E-state index contributed by atoms with van der Waals surface area (Å²) in [5.74, 6) is -1.10. The lowest BCUT2D eigenvalue weighted by Crippen LogP contribution is -2.16. The largest absolute Gasteiger partial charge is 0.340 e. The third-order valence-corrected chi connectivity index (χ3v) is 3.13. The van der Waals surface area contributed by atoms with Crippen molar-refractivity contribution in [2.75, 3.05) is 18.5 Å². The fourth-order valence-corrected chi connectivity index (χ4v) is 2.09. The third-order valence-electron chi connectivity index (χ3n) is 3.13. The molecule has 1 N–H and O–H groups in total. The molecule has 2 aromatic rings. The first-order chi connectivity index (χ1) is 9.63. The Hall–Kier alpha value is -1.94. The number of rotatable bonds is 5. The van der Waals surface area contributed by atoms with E-state index in [1.54, 1.807) is 7.05 Å². The molecule has 0 radical (unpaired) electrons. The fourth-order valence-electron chi connectivity index (χ4n) is 2.09. The van der Waals surface area contributed by atoms with E-state index in [9.17, 15) is 8.78 Å².